The van der Waals surface area contributed by atoms with Crippen LogP contribution < -0.4 is 5.32 Å². The van der Waals surface area contributed by atoms with Crippen LogP contribution in [0.15, 0.2) is 36.8 Å². The molecule has 3 heterocycles. The Morgan fingerprint density at radius 1 is 1.15 bits per heavy atom. The molecule has 4 rings (SSSR count). The molecule has 1 saturated carbocycles. The molecule has 3 aromatic rings. The number of hydrogen-bond acceptors (Lipinski definition) is 5. The highest BCUT2D eigenvalue weighted by atomic mass is 15.3. The Morgan fingerprint density at radius 2 is 2.10 bits per heavy atom. The number of aromatic nitrogens is 5. The van der Waals surface area contributed by atoms with Gasteiger partial charge in [0.25, 0.3) is 0 Å². The van der Waals surface area contributed by atoms with Gasteiger partial charge in [0.2, 0.25) is 5.65 Å². The molecule has 100 valence electrons. The van der Waals surface area contributed by atoms with E-state index < -0.39 is 0 Å². The average Bonchev–Trinajstić information content (AvgIpc) is 3.25. The second-order valence-corrected chi connectivity index (χ2v) is 4.98. The van der Waals surface area contributed by atoms with E-state index in [2.05, 4.69) is 25.5 Å². The third-order valence-corrected chi connectivity index (χ3v) is 3.46. The van der Waals surface area contributed by atoms with E-state index in [0.717, 1.165) is 23.0 Å². The highest BCUT2D eigenvalue weighted by Crippen LogP contribution is 2.39. The molecule has 0 saturated heterocycles. The summed E-state index contributed by atoms with van der Waals surface area (Å²) >= 11 is 0. The molecule has 1 fully saturated rings. The molecule has 0 bridgehead atoms. The summed E-state index contributed by atoms with van der Waals surface area (Å²) in [6.07, 6.45) is 7.91. The Bertz CT molecular complexity index is 732. The number of fused-ring (bicyclic) bond motifs is 1. The maximum atomic E-state index is 4.35. The molecule has 3 aromatic heterocycles. The fraction of sp³-hybridized carbons (Fsp3) is 0.286. The molecule has 0 aliphatic heterocycles. The normalized spacial score (nSPS) is 14.6. The van der Waals surface area contributed by atoms with Gasteiger partial charge < -0.3 is 5.32 Å². The van der Waals surface area contributed by atoms with Gasteiger partial charge in [-0.05, 0) is 25.0 Å². The lowest BCUT2D eigenvalue weighted by Gasteiger charge is -2.06. The van der Waals surface area contributed by atoms with Crippen LogP contribution in [0.25, 0.3) is 5.65 Å². The van der Waals surface area contributed by atoms with Crippen LogP contribution in [0.5, 0.6) is 0 Å². The predicted molar refractivity (Wildman–Crippen MR) is 74.3 cm³/mol. The summed E-state index contributed by atoms with van der Waals surface area (Å²) in [5.41, 5.74) is 1.75. The standard InChI is InChI=1S/C14H14N6/c1-2-6-15-11(3-1)9-17-12-14-19-18-13(10-4-5-10)20(14)8-7-16-12/h1-3,6-8,10H,4-5,9H2,(H,16,17). The molecule has 1 aliphatic rings. The lowest BCUT2D eigenvalue weighted by atomic mass is 10.3. The number of pyridine rings is 1. The summed E-state index contributed by atoms with van der Waals surface area (Å²) in [4.78, 5) is 8.64. The largest absolute Gasteiger partial charge is 0.361 e. The van der Waals surface area contributed by atoms with Crippen molar-refractivity contribution >= 4 is 11.5 Å². The van der Waals surface area contributed by atoms with Crippen molar-refractivity contribution in [3.63, 3.8) is 0 Å². The van der Waals surface area contributed by atoms with Crippen LogP contribution >= 0.6 is 0 Å². The number of hydrogen-bond donors (Lipinski definition) is 1. The SMILES string of the molecule is c1ccc(CNc2nccn3c(C4CC4)nnc23)nc1. The van der Waals surface area contributed by atoms with E-state index in [4.69, 9.17) is 0 Å². The van der Waals surface area contributed by atoms with Crippen LogP contribution in [-0.4, -0.2) is 24.6 Å². The highest BCUT2D eigenvalue weighted by Gasteiger charge is 2.29. The summed E-state index contributed by atoms with van der Waals surface area (Å²) in [5, 5.41) is 11.8. The number of rotatable bonds is 4. The van der Waals surface area contributed by atoms with Crippen molar-refractivity contribution in [1.29, 1.82) is 0 Å². The first-order chi connectivity index (χ1) is 9.92. The summed E-state index contributed by atoms with van der Waals surface area (Å²) in [7, 11) is 0. The summed E-state index contributed by atoms with van der Waals surface area (Å²) in [6.45, 7) is 0.624. The zero-order chi connectivity index (χ0) is 13.4. The maximum Gasteiger partial charge on any atom is 0.203 e. The molecule has 1 aliphatic carbocycles. The zero-order valence-electron chi connectivity index (χ0n) is 10.9. The maximum absolute atomic E-state index is 4.35. The zero-order valence-corrected chi connectivity index (χ0v) is 10.9. The second kappa shape index (κ2) is 4.56. The number of anilines is 1. The first-order valence-corrected chi connectivity index (χ1v) is 6.75. The van der Waals surface area contributed by atoms with E-state index in [0.29, 0.717) is 12.5 Å². The molecule has 20 heavy (non-hydrogen) atoms. The van der Waals surface area contributed by atoms with Crippen LogP contribution in [0.2, 0.25) is 0 Å². The molecule has 0 unspecified atom stereocenters. The van der Waals surface area contributed by atoms with E-state index >= 15 is 0 Å². The van der Waals surface area contributed by atoms with Crippen LogP contribution in [0, 0.1) is 0 Å². The van der Waals surface area contributed by atoms with Crippen LogP contribution in [0.3, 0.4) is 0 Å². The molecule has 0 amide bonds. The summed E-state index contributed by atoms with van der Waals surface area (Å²) in [5.74, 6) is 2.36. The van der Waals surface area contributed by atoms with Gasteiger partial charge in [-0.25, -0.2) is 4.98 Å². The van der Waals surface area contributed by atoms with Crippen molar-refractivity contribution in [2.24, 2.45) is 0 Å². The Morgan fingerprint density at radius 3 is 2.90 bits per heavy atom. The first-order valence-electron chi connectivity index (χ1n) is 6.75. The van der Waals surface area contributed by atoms with Crippen molar-refractivity contribution < 1.29 is 0 Å². The van der Waals surface area contributed by atoms with Crippen molar-refractivity contribution in [1.82, 2.24) is 24.6 Å². The van der Waals surface area contributed by atoms with Crippen LogP contribution in [-0.2, 0) is 6.54 Å². The van der Waals surface area contributed by atoms with Gasteiger partial charge in [-0.3, -0.25) is 9.38 Å². The van der Waals surface area contributed by atoms with Gasteiger partial charge in [-0.15, -0.1) is 10.2 Å². The molecular weight excluding hydrogens is 252 g/mol. The van der Waals surface area contributed by atoms with Gasteiger partial charge in [0, 0.05) is 24.5 Å². The Labute approximate surface area is 115 Å². The van der Waals surface area contributed by atoms with E-state index in [1.807, 2.05) is 28.8 Å². The molecule has 6 nitrogen and oxygen atoms in total. The van der Waals surface area contributed by atoms with Crippen molar-refractivity contribution in [3.8, 4) is 0 Å². The minimum atomic E-state index is 0.566. The van der Waals surface area contributed by atoms with Crippen molar-refractivity contribution in [3.05, 3.63) is 48.3 Å². The summed E-state index contributed by atoms with van der Waals surface area (Å²) < 4.78 is 2.03. The van der Waals surface area contributed by atoms with Crippen molar-refractivity contribution in [2.45, 2.75) is 25.3 Å². The van der Waals surface area contributed by atoms with E-state index in [9.17, 15) is 0 Å². The quantitative estimate of drug-likeness (QED) is 0.782. The lowest BCUT2D eigenvalue weighted by molar-refractivity contribution is 0.894. The fourth-order valence-electron chi connectivity index (χ4n) is 2.27. The van der Waals surface area contributed by atoms with Crippen LogP contribution in [0.1, 0.15) is 30.3 Å². The molecule has 0 spiro atoms. The topological polar surface area (TPSA) is 68.0 Å². The van der Waals surface area contributed by atoms with Gasteiger partial charge >= 0.3 is 0 Å². The van der Waals surface area contributed by atoms with Crippen LogP contribution in [0.4, 0.5) is 5.82 Å². The van der Waals surface area contributed by atoms with E-state index in [1.54, 1.807) is 12.4 Å². The molecule has 6 heteroatoms. The van der Waals surface area contributed by atoms with Gasteiger partial charge in [0.1, 0.15) is 5.82 Å². The molecule has 0 aromatic carbocycles. The summed E-state index contributed by atoms with van der Waals surface area (Å²) in [6, 6.07) is 5.86. The molecular formula is C14H14N6. The fourth-order valence-corrected chi connectivity index (χ4v) is 2.27. The third kappa shape index (κ3) is 1.99. The van der Waals surface area contributed by atoms with Gasteiger partial charge in [0.15, 0.2) is 5.82 Å². The Kier molecular flexibility index (Phi) is 2.58. The first kappa shape index (κ1) is 11.3. The van der Waals surface area contributed by atoms with Crippen molar-refractivity contribution in [2.75, 3.05) is 5.32 Å². The minimum Gasteiger partial charge on any atom is -0.361 e. The third-order valence-electron chi connectivity index (χ3n) is 3.46. The molecule has 0 radical (unpaired) electrons. The Hall–Kier alpha value is -2.50. The lowest BCUT2D eigenvalue weighted by Crippen LogP contribution is -2.05. The highest BCUT2D eigenvalue weighted by molar-refractivity contribution is 5.62. The minimum absolute atomic E-state index is 0.566. The smallest absolute Gasteiger partial charge is 0.203 e. The van der Waals surface area contributed by atoms with E-state index in [-0.39, 0.29) is 0 Å². The van der Waals surface area contributed by atoms with Gasteiger partial charge in [-0.1, -0.05) is 6.07 Å². The number of nitrogens with zero attached hydrogens (tertiary/aromatic N) is 5. The van der Waals surface area contributed by atoms with E-state index in [1.165, 1.54) is 12.8 Å². The number of nitrogens with one attached hydrogen (secondary N) is 1. The monoisotopic (exact) mass is 266 g/mol. The molecule has 0 atom stereocenters. The molecule has 1 N–H and O–H groups in total. The second-order valence-electron chi connectivity index (χ2n) is 4.98. The van der Waals surface area contributed by atoms with Gasteiger partial charge in [0.05, 0.1) is 12.2 Å². The predicted octanol–water partition coefficient (Wildman–Crippen LogP) is 2.01. The Balaban J connectivity index is 1.63. The average molecular weight is 266 g/mol. The van der Waals surface area contributed by atoms with Gasteiger partial charge in [-0.2, -0.15) is 0 Å².